The van der Waals surface area contributed by atoms with Gasteiger partial charge in [-0.15, -0.1) is 0 Å². The summed E-state index contributed by atoms with van der Waals surface area (Å²) in [6.07, 6.45) is 0. The summed E-state index contributed by atoms with van der Waals surface area (Å²) in [6.45, 7) is 5.64. The molecule has 1 amide bonds. The summed E-state index contributed by atoms with van der Waals surface area (Å²) in [5.74, 6) is -0.850. The fourth-order valence-electron chi connectivity index (χ4n) is 1.43. The number of rotatable bonds is 5. The number of carbonyl (C=O) groups excluding carboxylic acids is 2. The van der Waals surface area contributed by atoms with Gasteiger partial charge in [-0.2, -0.15) is 5.10 Å². The third-order valence-electron chi connectivity index (χ3n) is 2.32. The van der Waals surface area contributed by atoms with Crippen LogP contribution in [0.3, 0.4) is 0 Å². The predicted molar refractivity (Wildman–Crippen MR) is 66.1 cm³/mol. The number of amides is 1. The zero-order valence-corrected chi connectivity index (χ0v) is 10.7. The highest BCUT2D eigenvalue weighted by molar-refractivity contribution is 5.99. The number of aromatic amines is 1. The zero-order valence-electron chi connectivity index (χ0n) is 10.7. The summed E-state index contributed by atoms with van der Waals surface area (Å²) in [5, 5.41) is 8.96. The summed E-state index contributed by atoms with van der Waals surface area (Å²) in [5.41, 5.74) is 6.92. The third kappa shape index (κ3) is 3.22. The van der Waals surface area contributed by atoms with Gasteiger partial charge in [0, 0.05) is 0 Å². The van der Waals surface area contributed by atoms with Crippen molar-refractivity contribution in [2.45, 2.75) is 26.7 Å². The molecule has 0 atom stereocenters. The lowest BCUT2D eigenvalue weighted by atomic mass is 10.1. The molecule has 18 heavy (non-hydrogen) atoms. The second kappa shape index (κ2) is 6.04. The lowest BCUT2D eigenvalue weighted by Gasteiger charge is -2.04. The van der Waals surface area contributed by atoms with Crippen LogP contribution in [-0.2, 0) is 9.53 Å². The van der Waals surface area contributed by atoms with E-state index in [-0.39, 0.29) is 24.8 Å². The molecule has 4 N–H and O–H groups in total. The maximum absolute atomic E-state index is 11.7. The minimum absolute atomic E-state index is 0.1000. The third-order valence-corrected chi connectivity index (χ3v) is 2.32. The van der Waals surface area contributed by atoms with Gasteiger partial charge in [0.05, 0.1) is 18.0 Å². The van der Waals surface area contributed by atoms with Crippen LogP contribution in [0.1, 0.15) is 42.9 Å². The average molecular weight is 254 g/mol. The first-order valence-electron chi connectivity index (χ1n) is 5.74. The summed E-state index contributed by atoms with van der Waals surface area (Å²) in [6, 6.07) is 0. The van der Waals surface area contributed by atoms with Gasteiger partial charge in [-0.25, -0.2) is 0 Å². The molecule has 0 saturated heterocycles. The molecule has 0 saturated carbocycles. The van der Waals surface area contributed by atoms with Gasteiger partial charge in [-0.3, -0.25) is 14.7 Å². The minimum Gasteiger partial charge on any atom is -0.465 e. The SMILES string of the molecule is CCOC(=O)CNC(=O)c1n[nH]c(C(C)C)c1N. The molecule has 0 aliphatic carbocycles. The van der Waals surface area contributed by atoms with Crippen molar-refractivity contribution in [3.05, 3.63) is 11.4 Å². The van der Waals surface area contributed by atoms with Crippen LogP contribution in [0.4, 0.5) is 5.69 Å². The first-order valence-corrected chi connectivity index (χ1v) is 5.74. The molecule has 100 valence electrons. The van der Waals surface area contributed by atoms with E-state index in [2.05, 4.69) is 20.3 Å². The van der Waals surface area contributed by atoms with Gasteiger partial charge in [0.25, 0.3) is 5.91 Å². The molecule has 0 bridgehead atoms. The predicted octanol–water partition coefficient (Wildman–Crippen LogP) is 0.408. The lowest BCUT2D eigenvalue weighted by molar-refractivity contribution is -0.141. The Kier molecular flexibility index (Phi) is 4.70. The maximum atomic E-state index is 11.7. The largest absolute Gasteiger partial charge is 0.465 e. The van der Waals surface area contributed by atoms with Gasteiger partial charge < -0.3 is 15.8 Å². The molecule has 1 rings (SSSR count). The van der Waals surface area contributed by atoms with E-state index >= 15 is 0 Å². The summed E-state index contributed by atoms with van der Waals surface area (Å²) >= 11 is 0. The Morgan fingerprint density at radius 3 is 2.67 bits per heavy atom. The molecule has 0 spiro atoms. The van der Waals surface area contributed by atoms with E-state index in [0.29, 0.717) is 11.4 Å². The van der Waals surface area contributed by atoms with E-state index < -0.39 is 11.9 Å². The zero-order chi connectivity index (χ0) is 13.7. The van der Waals surface area contributed by atoms with Crippen LogP contribution in [0.5, 0.6) is 0 Å². The molecule has 0 fully saturated rings. The molecule has 7 nitrogen and oxygen atoms in total. The van der Waals surface area contributed by atoms with Crippen molar-refractivity contribution in [1.29, 1.82) is 0 Å². The quantitative estimate of drug-likeness (QED) is 0.659. The number of H-pyrrole nitrogens is 1. The molecule has 0 radical (unpaired) electrons. The second-order valence-corrected chi connectivity index (χ2v) is 4.04. The number of esters is 1. The number of hydrogen-bond acceptors (Lipinski definition) is 5. The first kappa shape index (κ1) is 14.0. The van der Waals surface area contributed by atoms with Crippen LogP contribution in [0.15, 0.2) is 0 Å². The van der Waals surface area contributed by atoms with Crippen LogP contribution in [0, 0.1) is 0 Å². The monoisotopic (exact) mass is 254 g/mol. The van der Waals surface area contributed by atoms with Crippen LogP contribution in [-0.4, -0.2) is 35.2 Å². The van der Waals surface area contributed by atoms with Crippen LogP contribution >= 0.6 is 0 Å². The molecule has 1 heterocycles. The lowest BCUT2D eigenvalue weighted by Crippen LogP contribution is -2.31. The van der Waals surface area contributed by atoms with Crippen LogP contribution in [0.25, 0.3) is 0 Å². The Labute approximate surface area is 105 Å². The van der Waals surface area contributed by atoms with E-state index in [1.807, 2.05) is 13.8 Å². The van der Waals surface area contributed by atoms with E-state index in [1.54, 1.807) is 6.92 Å². The van der Waals surface area contributed by atoms with Crippen molar-refractivity contribution in [2.75, 3.05) is 18.9 Å². The number of nitrogens with zero attached hydrogens (tertiary/aromatic N) is 1. The highest BCUT2D eigenvalue weighted by atomic mass is 16.5. The molecular weight excluding hydrogens is 236 g/mol. The number of nitrogens with two attached hydrogens (primary N) is 1. The summed E-state index contributed by atoms with van der Waals surface area (Å²) < 4.78 is 4.69. The molecule has 0 aliphatic heterocycles. The fourth-order valence-corrected chi connectivity index (χ4v) is 1.43. The number of carbonyl (C=O) groups is 2. The van der Waals surface area contributed by atoms with E-state index in [4.69, 9.17) is 5.73 Å². The van der Waals surface area contributed by atoms with Gasteiger partial charge in [0.15, 0.2) is 5.69 Å². The smallest absolute Gasteiger partial charge is 0.325 e. The van der Waals surface area contributed by atoms with Gasteiger partial charge in [-0.05, 0) is 12.8 Å². The number of hydrogen-bond donors (Lipinski definition) is 3. The molecule has 1 aromatic heterocycles. The van der Waals surface area contributed by atoms with Crippen molar-refractivity contribution < 1.29 is 14.3 Å². The van der Waals surface area contributed by atoms with Gasteiger partial charge in [0.2, 0.25) is 0 Å². The standard InChI is InChI=1S/C11H18N4O3/c1-4-18-7(16)5-13-11(17)10-8(12)9(6(2)3)14-15-10/h6H,4-5,12H2,1-3H3,(H,13,17)(H,14,15). The first-order chi connectivity index (χ1) is 8.47. The number of nitrogen functional groups attached to an aromatic ring is 1. The highest BCUT2D eigenvalue weighted by Gasteiger charge is 2.19. The topological polar surface area (TPSA) is 110 Å². The van der Waals surface area contributed by atoms with Gasteiger partial charge in [0.1, 0.15) is 6.54 Å². The number of ether oxygens (including phenoxy) is 1. The van der Waals surface area contributed by atoms with Crippen molar-refractivity contribution in [2.24, 2.45) is 0 Å². The van der Waals surface area contributed by atoms with Crippen molar-refractivity contribution in [3.63, 3.8) is 0 Å². The number of anilines is 1. The Hall–Kier alpha value is -2.05. The second-order valence-electron chi connectivity index (χ2n) is 4.04. The van der Waals surface area contributed by atoms with Crippen LogP contribution < -0.4 is 11.1 Å². The Morgan fingerprint density at radius 1 is 1.50 bits per heavy atom. The van der Waals surface area contributed by atoms with Crippen molar-refractivity contribution >= 4 is 17.6 Å². The Balaban J connectivity index is 2.65. The molecule has 0 aromatic carbocycles. The fraction of sp³-hybridized carbons (Fsp3) is 0.545. The van der Waals surface area contributed by atoms with Crippen LogP contribution in [0.2, 0.25) is 0 Å². The highest BCUT2D eigenvalue weighted by Crippen LogP contribution is 2.21. The maximum Gasteiger partial charge on any atom is 0.325 e. The minimum atomic E-state index is -0.497. The Morgan fingerprint density at radius 2 is 2.17 bits per heavy atom. The van der Waals surface area contributed by atoms with E-state index in [0.717, 1.165) is 0 Å². The number of aromatic nitrogens is 2. The van der Waals surface area contributed by atoms with Gasteiger partial charge in [-0.1, -0.05) is 13.8 Å². The molecule has 0 unspecified atom stereocenters. The average Bonchev–Trinajstić information content (AvgIpc) is 2.68. The molecular formula is C11H18N4O3. The van der Waals surface area contributed by atoms with Gasteiger partial charge >= 0.3 is 5.97 Å². The normalized spacial score (nSPS) is 10.4. The molecule has 7 heteroatoms. The molecule has 1 aromatic rings. The van der Waals surface area contributed by atoms with Crippen molar-refractivity contribution in [3.8, 4) is 0 Å². The Bertz CT molecular complexity index is 439. The van der Waals surface area contributed by atoms with E-state index in [1.165, 1.54) is 0 Å². The van der Waals surface area contributed by atoms with E-state index in [9.17, 15) is 9.59 Å². The summed E-state index contributed by atoms with van der Waals surface area (Å²) in [7, 11) is 0. The summed E-state index contributed by atoms with van der Waals surface area (Å²) in [4.78, 5) is 22.8. The number of nitrogens with one attached hydrogen (secondary N) is 2. The van der Waals surface area contributed by atoms with Crippen molar-refractivity contribution in [1.82, 2.24) is 15.5 Å². The molecule has 0 aliphatic rings.